The monoisotopic (exact) mass is 395 g/mol. The van der Waals surface area contributed by atoms with Crippen LogP contribution < -0.4 is 5.32 Å². The summed E-state index contributed by atoms with van der Waals surface area (Å²) in [6.45, 7) is 1.41. The summed E-state index contributed by atoms with van der Waals surface area (Å²) in [5.41, 5.74) is 0.566. The lowest BCUT2D eigenvalue weighted by Gasteiger charge is -2.19. The Morgan fingerprint density at radius 3 is 2.52 bits per heavy atom. The van der Waals surface area contributed by atoms with E-state index in [1.54, 1.807) is 6.92 Å². The Morgan fingerprint density at radius 1 is 1.19 bits per heavy atom. The van der Waals surface area contributed by atoms with E-state index in [0.29, 0.717) is 17.9 Å². The topological polar surface area (TPSA) is 123 Å². The van der Waals surface area contributed by atoms with Crippen molar-refractivity contribution in [1.29, 1.82) is 0 Å². The summed E-state index contributed by atoms with van der Waals surface area (Å²) in [7, 11) is 0. The number of aliphatic hydroxyl groups excluding tert-OH is 3. The number of hydrogen-bond acceptors (Lipinski definition) is 8. The number of nitrogens with one attached hydrogen (secondary N) is 1. The molecule has 4 atom stereocenters. The van der Waals surface area contributed by atoms with Gasteiger partial charge in [0.1, 0.15) is 17.7 Å². The smallest absolute Gasteiger partial charge is 0.165 e. The first-order valence-corrected chi connectivity index (χ1v) is 8.71. The number of nitrogens with zero attached hydrogens (tertiary/aromatic N) is 4. The van der Waals surface area contributed by atoms with E-state index in [-0.39, 0.29) is 29.1 Å². The van der Waals surface area contributed by atoms with Crippen molar-refractivity contribution < 1.29 is 19.7 Å². The number of anilines is 1. The summed E-state index contributed by atoms with van der Waals surface area (Å²) in [5, 5.41) is 40.6. The van der Waals surface area contributed by atoms with Crippen LogP contribution in [-0.2, 0) is 0 Å². The van der Waals surface area contributed by atoms with Crippen LogP contribution in [0.4, 0.5) is 21.6 Å². The second kappa shape index (κ2) is 8.22. The van der Waals surface area contributed by atoms with Crippen LogP contribution in [0.15, 0.2) is 34.5 Å². The molecule has 27 heavy (non-hydrogen) atoms. The van der Waals surface area contributed by atoms with Crippen molar-refractivity contribution in [1.82, 2.24) is 9.97 Å². The van der Waals surface area contributed by atoms with Crippen LogP contribution >= 0.6 is 11.6 Å². The Bertz CT molecular complexity index is 836. The number of hydrogen-bond donors (Lipinski definition) is 4. The lowest BCUT2D eigenvalue weighted by Crippen LogP contribution is -2.35. The molecule has 1 aromatic carbocycles. The summed E-state index contributed by atoms with van der Waals surface area (Å²) >= 11 is 6.18. The maximum atomic E-state index is 13.0. The highest BCUT2D eigenvalue weighted by Crippen LogP contribution is 2.35. The predicted molar refractivity (Wildman–Crippen MR) is 97.0 cm³/mol. The summed E-state index contributed by atoms with van der Waals surface area (Å²) in [6.07, 6.45) is -1.79. The Hall–Kier alpha value is -2.20. The molecule has 1 aliphatic rings. The minimum atomic E-state index is -1.09. The van der Waals surface area contributed by atoms with E-state index in [2.05, 4.69) is 25.5 Å². The van der Waals surface area contributed by atoms with E-state index in [4.69, 9.17) is 11.6 Å². The van der Waals surface area contributed by atoms with Crippen molar-refractivity contribution in [2.75, 3.05) is 11.9 Å². The van der Waals surface area contributed by atoms with Gasteiger partial charge in [-0.3, -0.25) is 0 Å². The molecule has 0 amide bonds. The number of benzene rings is 1. The molecule has 3 rings (SSSR count). The van der Waals surface area contributed by atoms with Gasteiger partial charge in [-0.05, 0) is 37.6 Å². The molecule has 8 nitrogen and oxygen atoms in total. The molecule has 1 fully saturated rings. The number of aryl methyl sites for hydroxylation is 1. The van der Waals surface area contributed by atoms with Crippen molar-refractivity contribution in [3.05, 3.63) is 41.1 Å². The lowest BCUT2D eigenvalue weighted by atomic mass is 10.1. The van der Waals surface area contributed by atoms with Crippen LogP contribution in [0, 0.1) is 18.7 Å². The van der Waals surface area contributed by atoms with Gasteiger partial charge in [0.25, 0.3) is 0 Å². The summed E-state index contributed by atoms with van der Waals surface area (Å²) in [6, 6.07) is 4.87. The number of rotatable bonds is 5. The van der Waals surface area contributed by atoms with E-state index >= 15 is 0 Å². The molecule has 144 valence electrons. The fourth-order valence-corrected chi connectivity index (χ4v) is 3.21. The van der Waals surface area contributed by atoms with Gasteiger partial charge < -0.3 is 20.6 Å². The summed E-state index contributed by atoms with van der Waals surface area (Å²) in [5.74, 6) is -0.205. The van der Waals surface area contributed by atoms with Gasteiger partial charge in [0.2, 0.25) is 0 Å². The van der Waals surface area contributed by atoms with Gasteiger partial charge in [-0.2, -0.15) is 5.11 Å². The van der Waals surface area contributed by atoms with Crippen LogP contribution in [0.25, 0.3) is 0 Å². The van der Waals surface area contributed by atoms with Crippen molar-refractivity contribution in [3.63, 3.8) is 0 Å². The molecule has 0 unspecified atom stereocenters. The van der Waals surface area contributed by atoms with E-state index in [1.165, 1.54) is 24.3 Å². The third-order valence-electron chi connectivity index (χ3n) is 4.40. The molecule has 4 N–H and O–H groups in total. The van der Waals surface area contributed by atoms with Crippen LogP contribution in [0.2, 0.25) is 5.15 Å². The molecular formula is C17H19ClFN5O3. The minimum Gasteiger partial charge on any atom is -0.396 e. The SMILES string of the molecule is Cc1nc(Cl)c(/N=N/c2ccc(F)cc2)c(N[C@@H]2C[C@H](CO)[C@@H](O)[C@H]2O)n1. The van der Waals surface area contributed by atoms with Gasteiger partial charge in [-0.25, -0.2) is 14.4 Å². The van der Waals surface area contributed by atoms with Crippen molar-refractivity contribution in [2.24, 2.45) is 16.1 Å². The van der Waals surface area contributed by atoms with E-state index < -0.39 is 24.2 Å². The number of halogens is 2. The van der Waals surface area contributed by atoms with Gasteiger partial charge in [-0.15, -0.1) is 5.11 Å². The second-order valence-corrected chi connectivity index (χ2v) is 6.70. The average Bonchev–Trinajstić information content (AvgIpc) is 2.90. The van der Waals surface area contributed by atoms with Crippen LogP contribution in [-0.4, -0.2) is 50.1 Å². The zero-order valence-electron chi connectivity index (χ0n) is 14.4. The Morgan fingerprint density at radius 2 is 1.89 bits per heavy atom. The van der Waals surface area contributed by atoms with Crippen LogP contribution in [0.5, 0.6) is 0 Å². The highest BCUT2D eigenvalue weighted by Gasteiger charge is 2.41. The third kappa shape index (κ3) is 4.38. The Kier molecular flexibility index (Phi) is 5.95. The molecule has 0 saturated heterocycles. The highest BCUT2D eigenvalue weighted by molar-refractivity contribution is 6.32. The zero-order chi connectivity index (χ0) is 19.6. The van der Waals surface area contributed by atoms with Gasteiger partial charge >= 0.3 is 0 Å². The van der Waals surface area contributed by atoms with Gasteiger partial charge in [0.15, 0.2) is 16.7 Å². The summed E-state index contributed by atoms with van der Waals surface area (Å²) in [4.78, 5) is 8.31. The largest absolute Gasteiger partial charge is 0.396 e. The van der Waals surface area contributed by atoms with Crippen molar-refractivity contribution in [3.8, 4) is 0 Å². The molecule has 10 heteroatoms. The van der Waals surface area contributed by atoms with E-state index in [0.717, 1.165) is 0 Å². The molecule has 0 bridgehead atoms. The minimum absolute atomic E-state index is 0.0580. The quantitative estimate of drug-likeness (QED) is 0.455. The van der Waals surface area contributed by atoms with Gasteiger partial charge in [0, 0.05) is 12.5 Å². The number of azo groups is 1. The zero-order valence-corrected chi connectivity index (χ0v) is 15.2. The van der Waals surface area contributed by atoms with Gasteiger partial charge in [-0.1, -0.05) is 11.6 Å². The molecule has 1 aliphatic carbocycles. The van der Waals surface area contributed by atoms with Crippen molar-refractivity contribution >= 4 is 28.8 Å². The molecule has 0 radical (unpaired) electrons. The third-order valence-corrected chi connectivity index (χ3v) is 4.67. The molecule has 1 saturated carbocycles. The highest BCUT2D eigenvalue weighted by atomic mass is 35.5. The first-order valence-electron chi connectivity index (χ1n) is 8.34. The lowest BCUT2D eigenvalue weighted by molar-refractivity contribution is 0.00446. The molecule has 1 heterocycles. The molecule has 0 aliphatic heterocycles. The van der Waals surface area contributed by atoms with E-state index in [1.807, 2.05) is 0 Å². The predicted octanol–water partition coefficient (Wildman–Crippen LogP) is 2.51. The maximum absolute atomic E-state index is 13.0. The fraction of sp³-hybridized carbons (Fsp3) is 0.412. The average molecular weight is 396 g/mol. The number of aliphatic hydroxyl groups is 3. The van der Waals surface area contributed by atoms with Crippen molar-refractivity contribution in [2.45, 2.75) is 31.6 Å². The van der Waals surface area contributed by atoms with Gasteiger partial charge in [0.05, 0.1) is 17.8 Å². The second-order valence-electron chi connectivity index (χ2n) is 6.35. The normalized spacial score (nSPS) is 25.3. The number of aromatic nitrogens is 2. The van der Waals surface area contributed by atoms with Crippen LogP contribution in [0.1, 0.15) is 12.2 Å². The molecule has 0 spiro atoms. The first-order chi connectivity index (χ1) is 12.9. The molecular weight excluding hydrogens is 377 g/mol. The van der Waals surface area contributed by atoms with E-state index in [9.17, 15) is 19.7 Å². The van der Waals surface area contributed by atoms with Crippen LogP contribution in [0.3, 0.4) is 0 Å². The standard InChI is InChI=1S/C17H19ClFN5O3/c1-8-20-16(18)13(24-23-11-4-2-10(19)3-5-11)17(21-8)22-12-6-9(7-25)14(26)15(12)27/h2-5,9,12,14-15,25-27H,6-7H2,1H3,(H,20,21,22)/b24-23+/t9-,12-,14-,15+/m1/s1. The Balaban J connectivity index is 1.88. The molecule has 2 aromatic rings. The maximum Gasteiger partial charge on any atom is 0.165 e. The summed E-state index contributed by atoms with van der Waals surface area (Å²) < 4.78 is 13.0. The first kappa shape index (κ1) is 19.6. The molecule has 1 aromatic heterocycles. The fourth-order valence-electron chi connectivity index (χ4n) is 2.96. The Labute approximate surface area is 159 Å².